The number of β-amino-alcohol motifs (C(OH)–C–C–N with tert-alkyl or cyclic N) is 1. The molecule has 6 rings (SSSR count). The number of aliphatic hydroxyl groups is 2. The van der Waals surface area contributed by atoms with Gasteiger partial charge in [-0.15, -0.1) is 0 Å². The summed E-state index contributed by atoms with van der Waals surface area (Å²) in [6.45, 7) is 4.55. The number of thiazole rings is 1. The van der Waals surface area contributed by atoms with Gasteiger partial charge in [0.1, 0.15) is 22.0 Å². The Hall–Kier alpha value is -3.38. The van der Waals surface area contributed by atoms with Crippen molar-refractivity contribution < 1.29 is 10.2 Å². The van der Waals surface area contributed by atoms with E-state index in [1.54, 1.807) is 0 Å². The Bertz CT molecular complexity index is 1400. The lowest BCUT2D eigenvalue weighted by Crippen LogP contribution is -2.47. The molecule has 0 amide bonds. The topological polar surface area (TPSA) is 123 Å². The van der Waals surface area contributed by atoms with E-state index >= 15 is 0 Å². The molecule has 0 radical (unpaired) electrons. The summed E-state index contributed by atoms with van der Waals surface area (Å²) in [4.78, 5) is 24.8. The van der Waals surface area contributed by atoms with Crippen molar-refractivity contribution in [1.29, 1.82) is 0 Å². The van der Waals surface area contributed by atoms with Gasteiger partial charge in [0.2, 0.25) is 5.95 Å². The Morgan fingerprint density at radius 3 is 2.48 bits per heavy atom. The first kappa shape index (κ1) is 26.8. The van der Waals surface area contributed by atoms with E-state index in [4.69, 9.17) is 19.9 Å². The molecule has 210 valence electrons. The van der Waals surface area contributed by atoms with Crippen molar-refractivity contribution in [3.63, 3.8) is 0 Å². The average Bonchev–Trinajstić information content (AvgIpc) is 3.37. The van der Waals surface area contributed by atoms with Crippen LogP contribution in [0.3, 0.4) is 0 Å². The van der Waals surface area contributed by atoms with Gasteiger partial charge in [-0.25, -0.2) is 15.0 Å². The third kappa shape index (κ3) is 6.67. The maximum atomic E-state index is 9.90. The van der Waals surface area contributed by atoms with Gasteiger partial charge in [0.15, 0.2) is 5.13 Å². The second-order valence-electron chi connectivity index (χ2n) is 10.6. The minimum atomic E-state index is -0.204. The van der Waals surface area contributed by atoms with Crippen LogP contribution in [0.15, 0.2) is 48.5 Å². The average molecular weight is 561 g/mol. The van der Waals surface area contributed by atoms with Gasteiger partial charge in [-0.2, -0.15) is 4.98 Å². The molecular weight excluding hydrogens is 524 g/mol. The molecule has 4 heterocycles. The van der Waals surface area contributed by atoms with E-state index in [0.717, 1.165) is 85.4 Å². The summed E-state index contributed by atoms with van der Waals surface area (Å²) in [6.07, 6.45) is 3.89. The highest BCUT2D eigenvalue weighted by Crippen LogP contribution is 2.30. The third-order valence-electron chi connectivity index (χ3n) is 7.63. The Kier molecular flexibility index (Phi) is 8.33. The fraction of sp³-hybridized carbons (Fsp3) is 0.448. The highest BCUT2D eigenvalue weighted by atomic mass is 32.1. The van der Waals surface area contributed by atoms with Gasteiger partial charge in [0, 0.05) is 51.3 Å². The summed E-state index contributed by atoms with van der Waals surface area (Å²) >= 11 is 1.52. The van der Waals surface area contributed by atoms with Crippen LogP contribution in [0.5, 0.6) is 0 Å². The normalized spacial score (nSPS) is 20.1. The standard InChI is InChI=1S/C29H36N8O2S/c38-17-16-36-12-14-37(15-13-36)26-11-10-24-27(35-26)40-29(32-24)34-25-19-22(18-20-4-2-1-3-5-20)31-28(33-25)30-21-6-8-23(39)9-7-21/h1-5,10-11,19,21,23,38-39H,6-9,12-18H2,(H2,30,31,32,33,34). The van der Waals surface area contributed by atoms with Crippen LogP contribution in [0.2, 0.25) is 0 Å². The largest absolute Gasteiger partial charge is 0.395 e. The van der Waals surface area contributed by atoms with Crippen molar-refractivity contribution in [2.24, 2.45) is 0 Å². The van der Waals surface area contributed by atoms with Crippen LogP contribution in [0.4, 0.5) is 22.7 Å². The highest BCUT2D eigenvalue weighted by molar-refractivity contribution is 7.21. The van der Waals surface area contributed by atoms with Crippen LogP contribution < -0.4 is 15.5 Å². The van der Waals surface area contributed by atoms with Gasteiger partial charge in [0.25, 0.3) is 0 Å². The number of fused-ring (bicyclic) bond motifs is 1. The van der Waals surface area contributed by atoms with Gasteiger partial charge < -0.3 is 25.7 Å². The molecule has 1 aliphatic heterocycles. The van der Waals surface area contributed by atoms with Crippen LogP contribution >= 0.6 is 11.3 Å². The van der Waals surface area contributed by atoms with Crippen molar-refractivity contribution in [1.82, 2.24) is 24.8 Å². The summed E-state index contributed by atoms with van der Waals surface area (Å²) < 4.78 is 0. The number of anilines is 4. The summed E-state index contributed by atoms with van der Waals surface area (Å²) in [5, 5.41) is 26.8. The number of aliphatic hydroxyl groups excluding tert-OH is 2. The predicted octanol–water partition coefficient (Wildman–Crippen LogP) is 3.65. The number of pyridine rings is 1. The Balaban J connectivity index is 1.20. The van der Waals surface area contributed by atoms with E-state index in [0.29, 0.717) is 18.2 Å². The maximum absolute atomic E-state index is 9.90. The maximum Gasteiger partial charge on any atom is 0.225 e. The third-order valence-corrected chi connectivity index (χ3v) is 8.51. The molecule has 10 nitrogen and oxygen atoms in total. The molecule has 3 aromatic heterocycles. The SMILES string of the molecule is OCCN1CCN(c2ccc3nc(Nc4cc(Cc5ccccc5)nc(NC5CCC(O)CC5)n4)sc3n2)CC1. The van der Waals surface area contributed by atoms with Gasteiger partial charge >= 0.3 is 0 Å². The molecule has 11 heteroatoms. The summed E-state index contributed by atoms with van der Waals surface area (Å²) in [5.41, 5.74) is 2.96. The molecule has 0 bridgehead atoms. The van der Waals surface area contributed by atoms with E-state index in [9.17, 15) is 10.2 Å². The molecule has 1 aliphatic carbocycles. The van der Waals surface area contributed by atoms with Gasteiger partial charge in [0.05, 0.1) is 18.4 Å². The number of nitrogens with zero attached hydrogens (tertiary/aromatic N) is 6. The quantitative estimate of drug-likeness (QED) is 0.241. The smallest absolute Gasteiger partial charge is 0.225 e. The number of hydrogen-bond acceptors (Lipinski definition) is 11. The Labute approximate surface area is 238 Å². The number of aromatic nitrogens is 4. The van der Waals surface area contributed by atoms with Crippen molar-refractivity contribution in [3.8, 4) is 0 Å². The van der Waals surface area contributed by atoms with Crippen molar-refractivity contribution >= 4 is 44.4 Å². The second-order valence-corrected chi connectivity index (χ2v) is 11.5. The van der Waals surface area contributed by atoms with Crippen LogP contribution in [0.25, 0.3) is 10.3 Å². The first-order valence-electron chi connectivity index (χ1n) is 14.1. The molecule has 1 aromatic carbocycles. The first-order valence-corrected chi connectivity index (χ1v) is 14.9. The lowest BCUT2D eigenvalue weighted by Gasteiger charge is -2.35. The Morgan fingerprint density at radius 1 is 0.900 bits per heavy atom. The molecule has 40 heavy (non-hydrogen) atoms. The summed E-state index contributed by atoms with van der Waals surface area (Å²) in [6, 6.07) is 16.6. The van der Waals surface area contributed by atoms with Gasteiger partial charge in [-0.05, 0) is 43.4 Å². The first-order chi connectivity index (χ1) is 19.6. The molecule has 0 spiro atoms. The van der Waals surface area contributed by atoms with Gasteiger partial charge in [-0.3, -0.25) is 4.90 Å². The molecule has 4 N–H and O–H groups in total. The van der Waals surface area contributed by atoms with E-state index in [1.165, 1.54) is 16.9 Å². The summed E-state index contributed by atoms with van der Waals surface area (Å²) in [7, 11) is 0. The lowest BCUT2D eigenvalue weighted by molar-refractivity contribution is 0.126. The van der Waals surface area contributed by atoms with Crippen LogP contribution in [0, 0.1) is 0 Å². The molecule has 1 saturated heterocycles. The minimum absolute atomic E-state index is 0.198. The van der Waals surface area contributed by atoms with Crippen molar-refractivity contribution in [3.05, 3.63) is 59.8 Å². The molecule has 2 fully saturated rings. The van der Waals surface area contributed by atoms with E-state index in [-0.39, 0.29) is 18.8 Å². The fourth-order valence-corrected chi connectivity index (χ4v) is 6.25. The molecule has 0 atom stereocenters. The Morgan fingerprint density at radius 2 is 1.70 bits per heavy atom. The number of benzene rings is 1. The van der Waals surface area contributed by atoms with E-state index in [1.807, 2.05) is 36.4 Å². The predicted molar refractivity (Wildman–Crippen MR) is 160 cm³/mol. The summed E-state index contributed by atoms with van der Waals surface area (Å²) in [5.74, 6) is 2.25. The number of nitrogens with one attached hydrogen (secondary N) is 2. The number of hydrogen-bond donors (Lipinski definition) is 4. The zero-order valence-corrected chi connectivity index (χ0v) is 23.4. The zero-order valence-electron chi connectivity index (χ0n) is 22.5. The lowest BCUT2D eigenvalue weighted by atomic mass is 9.93. The second kappa shape index (κ2) is 12.4. The molecule has 1 saturated carbocycles. The van der Waals surface area contributed by atoms with Crippen LogP contribution in [0.1, 0.15) is 36.9 Å². The van der Waals surface area contributed by atoms with E-state index in [2.05, 4.69) is 32.6 Å². The number of rotatable bonds is 9. The number of piperazine rings is 1. The van der Waals surface area contributed by atoms with Crippen LogP contribution in [-0.4, -0.2) is 86.5 Å². The molecule has 0 unspecified atom stereocenters. The zero-order chi connectivity index (χ0) is 27.3. The van der Waals surface area contributed by atoms with Gasteiger partial charge in [-0.1, -0.05) is 41.7 Å². The molecule has 2 aliphatic rings. The molecule has 4 aromatic rings. The minimum Gasteiger partial charge on any atom is -0.395 e. The van der Waals surface area contributed by atoms with E-state index < -0.39 is 0 Å². The van der Waals surface area contributed by atoms with Crippen molar-refractivity contribution in [2.45, 2.75) is 44.2 Å². The highest BCUT2D eigenvalue weighted by Gasteiger charge is 2.21. The molecular formula is C29H36N8O2S. The van der Waals surface area contributed by atoms with Crippen molar-refractivity contribution in [2.75, 3.05) is 54.9 Å². The van der Waals surface area contributed by atoms with Crippen LogP contribution in [-0.2, 0) is 6.42 Å². The monoisotopic (exact) mass is 560 g/mol. The fourth-order valence-electron chi connectivity index (χ4n) is 5.41.